The Hall–Kier alpha value is -0.900. The second-order valence-electron chi connectivity index (χ2n) is 11.0. The van der Waals surface area contributed by atoms with Gasteiger partial charge in [0, 0.05) is 18.1 Å². The van der Waals surface area contributed by atoms with Crippen LogP contribution in [-0.2, 0) is 14.2 Å². The van der Waals surface area contributed by atoms with Crippen LogP contribution in [-0.4, -0.2) is 25.9 Å². The minimum Gasteiger partial charge on any atom is -0.378 e. The molecule has 0 amide bonds. The first-order chi connectivity index (χ1) is 16.3. The van der Waals surface area contributed by atoms with Crippen molar-refractivity contribution in [1.29, 1.82) is 0 Å². The van der Waals surface area contributed by atoms with Crippen LogP contribution in [0.5, 0.6) is 0 Å². The van der Waals surface area contributed by atoms with Crippen LogP contribution >= 0.6 is 0 Å². The summed E-state index contributed by atoms with van der Waals surface area (Å²) in [5.74, 6) is 3.19. The minimum atomic E-state index is -0.172. The van der Waals surface area contributed by atoms with Crippen LogP contribution < -0.4 is 0 Å². The zero-order valence-electron chi connectivity index (χ0n) is 21.3. The molecule has 3 fully saturated rings. The molecule has 186 valence electrons. The highest BCUT2D eigenvalue weighted by molar-refractivity contribution is 5.26. The summed E-state index contributed by atoms with van der Waals surface area (Å²) >= 11 is 0. The topological polar surface area (TPSA) is 27.7 Å². The Kier molecular flexibility index (Phi) is 10.1. The molecule has 0 radical (unpaired) electrons. The van der Waals surface area contributed by atoms with Gasteiger partial charge in [0.05, 0.1) is 19.3 Å². The number of rotatable bonds is 10. The van der Waals surface area contributed by atoms with E-state index in [0.29, 0.717) is 12.0 Å². The van der Waals surface area contributed by atoms with E-state index in [1.165, 1.54) is 94.6 Å². The third-order valence-electron chi connectivity index (χ3n) is 8.62. The first-order valence-electron chi connectivity index (χ1n) is 14.2. The number of hydrogen-bond donors (Lipinski definition) is 0. The quantitative estimate of drug-likeness (QED) is 0.332. The Morgan fingerprint density at radius 3 is 1.91 bits per heavy atom. The van der Waals surface area contributed by atoms with Crippen LogP contribution in [0, 0.1) is 17.8 Å². The van der Waals surface area contributed by atoms with Gasteiger partial charge in [-0.05, 0) is 87.5 Å². The van der Waals surface area contributed by atoms with E-state index in [-0.39, 0.29) is 6.29 Å². The van der Waals surface area contributed by atoms with Crippen LogP contribution in [0.2, 0.25) is 0 Å². The molecule has 0 spiro atoms. The molecular formula is C30H48O3. The normalized spacial score (nSPS) is 33.2. The molecule has 0 unspecified atom stereocenters. The summed E-state index contributed by atoms with van der Waals surface area (Å²) in [6, 6.07) is 9.18. The lowest BCUT2D eigenvalue weighted by atomic mass is 9.69. The molecular weight excluding hydrogens is 408 g/mol. The highest BCUT2D eigenvalue weighted by Gasteiger charge is 2.31. The number of benzene rings is 1. The number of hydrogen-bond acceptors (Lipinski definition) is 3. The molecule has 1 aromatic carbocycles. The van der Waals surface area contributed by atoms with Crippen molar-refractivity contribution >= 4 is 0 Å². The van der Waals surface area contributed by atoms with Gasteiger partial charge in [-0.1, -0.05) is 57.4 Å². The summed E-state index contributed by atoms with van der Waals surface area (Å²) in [6.45, 7) is 7.13. The van der Waals surface area contributed by atoms with Crippen molar-refractivity contribution in [2.45, 2.75) is 116 Å². The molecule has 0 bridgehead atoms. The average molecular weight is 457 g/mol. The first-order valence-corrected chi connectivity index (χ1v) is 14.2. The van der Waals surface area contributed by atoms with Crippen LogP contribution in [0.4, 0.5) is 0 Å². The fourth-order valence-electron chi connectivity index (χ4n) is 6.37. The van der Waals surface area contributed by atoms with Gasteiger partial charge in [-0.25, -0.2) is 0 Å². The van der Waals surface area contributed by atoms with Crippen molar-refractivity contribution in [1.82, 2.24) is 0 Å². The molecule has 0 aromatic heterocycles. The molecule has 0 N–H and O–H groups in total. The van der Waals surface area contributed by atoms with Gasteiger partial charge in [0.15, 0.2) is 6.29 Å². The third kappa shape index (κ3) is 7.29. The molecule has 3 heteroatoms. The maximum Gasteiger partial charge on any atom is 0.183 e. The molecule has 3 aliphatic rings. The van der Waals surface area contributed by atoms with Gasteiger partial charge in [0.25, 0.3) is 0 Å². The lowest BCUT2D eigenvalue weighted by molar-refractivity contribution is -0.206. The Balaban J connectivity index is 1.18. The molecule has 2 saturated carbocycles. The van der Waals surface area contributed by atoms with E-state index in [4.69, 9.17) is 14.2 Å². The van der Waals surface area contributed by atoms with Gasteiger partial charge in [-0.2, -0.15) is 0 Å². The Morgan fingerprint density at radius 1 is 0.727 bits per heavy atom. The highest BCUT2D eigenvalue weighted by atomic mass is 16.7. The van der Waals surface area contributed by atoms with Gasteiger partial charge in [-0.15, -0.1) is 0 Å². The summed E-state index contributed by atoms with van der Waals surface area (Å²) in [6.07, 6.45) is 17.5. The largest absolute Gasteiger partial charge is 0.378 e. The van der Waals surface area contributed by atoms with Gasteiger partial charge < -0.3 is 14.2 Å². The van der Waals surface area contributed by atoms with E-state index in [2.05, 4.69) is 38.1 Å². The standard InChI is InChI=1S/C30H48O3/c1-3-5-7-23-21-32-30(33-22-23)28-14-12-26(13-15-28)24-8-10-25(11-9-24)27-16-18-29(19-17-27)31-20-6-4-2/h12-15,23-25,27,29-30H,3-11,16-22H2,1-2H3. The van der Waals surface area contributed by atoms with Gasteiger partial charge >= 0.3 is 0 Å². The summed E-state index contributed by atoms with van der Waals surface area (Å²) in [5, 5.41) is 0. The van der Waals surface area contributed by atoms with Crippen LogP contribution in [0.1, 0.15) is 121 Å². The van der Waals surface area contributed by atoms with Crippen LogP contribution in [0.25, 0.3) is 0 Å². The molecule has 33 heavy (non-hydrogen) atoms. The van der Waals surface area contributed by atoms with Crippen molar-refractivity contribution < 1.29 is 14.2 Å². The van der Waals surface area contributed by atoms with E-state index in [1.54, 1.807) is 0 Å². The predicted molar refractivity (Wildman–Crippen MR) is 135 cm³/mol. The van der Waals surface area contributed by atoms with E-state index < -0.39 is 0 Å². The van der Waals surface area contributed by atoms with E-state index >= 15 is 0 Å². The Morgan fingerprint density at radius 2 is 1.30 bits per heavy atom. The third-order valence-corrected chi connectivity index (χ3v) is 8.62. The lowest BCUT2D eigenvalue weighted by Crippen LogP contribution is -2.28. The SMILES string of the molecule is CCCCOC1CCC(C2CCC(c3ccc(C4OCC(CCCC)CO4)cc3)CC2)CC1. The fourth-order valence-corrected chi connectivity index (χ4v) is 6.37. The van der Waals surface area contributed by atoms with Crippen molar-refractivity contribution in [3.63, 3.8) is 0 Å². The van der Waals surface area contributed by atoms with E-state index in [9.17, 15) is 0 Å². The van der Waals surface area contributed by atoms with Crippen molar-refractivity contribution in [3.05, 3.63) is 35.4 Å². The minimum absolute atomic E-state index is 0.172. The molecule has 1 aromatic rings. The molecule has 1 heterocycles. The molecule has 1 saturated heterocycles. The van der Waals surface area contributed by atoms with Gasteiger partial charge in [0.2, 0.25) is 0 Å². The Labute approximate surface area is 203 Å². The van der Waals surface area contributed by atoms with Crippen LogP contribution in [0.15, 0.2) is 24.3 Å². The van der Waals surface area contributed by atoms with Crippen LogP contribution in [0.3, 0.4) is 0 Å². The maximum absolute atomic E-state index is 6.09. The van der Waals surface area contributed by atoms with Crippen molar-refractivity contribution in [2.75, 3.05) is 19.8 Å². The van der Waals surface area contributed by atoms with E-state index in [0.717, 1.165) is 37.6 Å². The monoisotopic (exact) mass is 456 g/mol. The van der Waals surface area contributed by atoms with Gasteiger partial charge in [0.1, 0.15) is 0 Å². The van der Waals surface area contributed by atoms with E-state index in [1.807, 2.05) is 0 Å². The molecule has 3 nitrogen and oxygen atoms in total. The maximum atomic E-state index is 6.09. The second kappa shape index (κ2) is 13.3. The summed E-state index contributed by atoms with van der Waals surface area (Å²) in [5.41, 5.74) is 2.70. The first kappa shape index (κ1) is 25.2. The Bertz CT molecular complexity index is 648. The molecule has 4 rings (SSSR count). The molecule has 1 aliphatic heterocycles. The summed E-state index contributed by atoms with van der Waals surface area (Å²) < 4.78 is 18.2. The second-order valence-corrected chi connectivity index (χ2v) is 11.0. The smallest absolute Gasteiger partial charge is 0.183 e. The number of unbranched alkanes of at least 4 members (excludes halogenated alkanes) is 2. The number of ether oxygens (including phenoxy) is 3. The van der Waals surface area contributed by atoms with Gasteiger partial charge in [-0.3, -0.25) is 0 Å². The fraction of sp³-hybridized carbons (Fsp3) is 0.800. The molecule has 2 aliphatic carbocycles. The summed E-state index contributed by atoms with van der Waals surface area (Å²) in [7, 11) is 0. The average Bonchev–Trinajstić information content (AvgIpc) is 2.89. The molecule has 0 atom stereocenters. The zero-order valence-corrected chi connectivity index (χ0v) is 21.3. The summed E-state index contributed by atoms with van der Waals surface area (Å²) in [4.78, 5) is 0. The lowest BCUT2D eigenvalue weighted by Gasteiger charge is -2.38. The highest BCUT2D eigenvalue weighted by Crippen LogP contribution is 2.43. The van der Waals surface area contributed by atoms with Crippen molar-refractivity contribution in [3.8, 4) is 0 Å². The van der Waals surface area contributed by atoms with Crippen molar-refractivity contribution in [2.24, 2.45) is 17.8 Å². The predicted octanol–water partition coefficient (Wildman–Crippen LogP) is 8.19. The zero-order chi connectivity index (χ0) is 22.9.